The van der Waals surface area contributed by atoms with E-state index in [0.29, 0.717) is 16.7 Å². The van der Waals surface area contributed by atoms with Gasteiger partial charge < -0.3 is 9.45 Å². The van der Waals surface area contributed by atoms with Gasteiger partial charge in [0.25, 0.3) is 0 Å². The smallest absolute Gasteiger partial charge is 0.232 e. The highest BCUT2D eigenvalue weighted by Crippen LogP contribution is 2.37. The maximum absolute atomic E-state index is 12.5. The van der Waals surface area contributed by atoms with Crippen molar-refractivity contribution < 1.29 is 9.35 Å². The van der Waals surface area contributed by atoms with Crippen LogP contribution in [-0.4, -0.2) is 38.5 Å². The first-order valence-electron chi connectivity index (χ1n) is 7.13. The maximum atomic E-state index is 12.5. The quantitative estimate of drug-likeness (QED) is 0.730. The molecule has 2 atom stereocenters. The van der Waals surface area contributed by atoms with E-state index in [1.807, 2.05) is 19.1 Å². The van der Waals surface area contributed by atoms with Crippen LogP contribution in [0.1, 0.15) is 20.3 Å². The number of aromatic nitrogens is 2. The molecule has 0 bridgehead atoms. The minimum Gasteiger partial charge on any atom is -0.616 e. The molecule has 0 aliphatic carbocycles. The zero-order chi connectivity index (χ0) is 17.0. The van der Waals surface area contributed by atoms with Crippen molar-refractivity contribution in [3.05, 3.63) is 29.7 Å². The Balaban J connectivity index is 2.25. The third-order valence-electron chi connectivity index (χ3n) is 3.37. The molecule has 0 saturated carbocycles. The van der Waals surface area contributed by atoms with Crippen molar-refractivity contribution in [3.63, 3.8) is 0 Å². The lowest BCUT2D eigenvalue weighted by Gasteiger charge is -2.21. The summed E-state index contributed by atoms with van der Waals surface area (Å²) in [5.74, 6) is -0.0986. The molecule has 1 amide bonds. The number of amides is 1. The number of carbonyl (C=O) groups is 1. The Morgan fingerprint density at radius 3 is 2.87 bits per heavy atom. The molecule has 2 rings (SSSR count). The number of anilines is 1. The third kappa shape index (κ3) is 4.44. The van der Waals surface area contributed by atoms with Crippen molar-refractivity contribution in [2.24, 2.45) is 0 Å². The van der Waals surface area contributed by atoms with Crippen LogP contribution in [0.5, 0.6) is 0 Å². The zero-order valence-corrected chi connectivity index (χ0v) is 15.5. The number of pyridine rings is 1. The molecule has 0 radical (unpaired) electrons. The van der Waals surface area contributed by atoms with Gasteiger partial charge in [-0.15, -0.1) is 0 Å². The third-order valence-corrected chi connectivity index (χ3v) is 6.17. The minimum atomic E-state index is -1.04. The fraction of sp³-hybridized carbons (Fsp3) is 0.400. The van der Waals surface area contributed by atoms with Crippen LogP contribution >= 0.6 is 22.9 Å². The van der Waals surface area contributed by atoms with Gasteiger partial charge in [-0.2, -0.15) is 0 Å². The van der Waals surface area contributed by atoms with Gasteiger partial charge in [0.05, 0.1) is 12.7 Å². The summed E-state index contributed by atoms with van der Waals surface area (Å²) in [4.78, 5) is 22.5. The van der Waals surface area contributed by atoms with Crippen LogP contribution in [-0.2, 0) is 16.0 Å². The van der Waals surface area contributed by atoms with E-state index in [0.717, 1.165) is 10.6 Å². The molecule has 0 N–H and O–H groups in total. The van der Waals surface area contributed by atoms with E-state index in [4.69, 9.17) is 11.6 Å². The Bertz CT molecular complexity index is 664. The summed E-state index contributed by atoms with van der Waals surface area (Å²) in [5, 5.41) is 1.44. The predicted octanol–water partition coefficient (Wildman–Crippen LogP) is 3.37. The summed E-state index contributed by atoms with van der Waals surface area (Å²) in [6, 6.07) is 3.72. The molecule has 0 aliphatic heterocycles. The molecule has 2 aromatic heterocycles. The number of thiazole rings is 1. The second kappa shape index (κ2) is 8.10. The molecule has 0 aromatic carbocycles. The molecule has 2 aromatic rings. The topological polar surface area (TPSA) is 69.2 Å². The molecule has 0 fully saturated rings. The Hall–Kier alpha value is -1.15. The summed E-state index contributed by atoms with van der Waals surface area (Å²) >= 11 is 6.56. The van der Waals surface area contributed by atoms with Crippen molar-refractivity contribution >= 4 is 45.0 Å². The Morgan fingerprint density at radius 2 is 2.30 bits per heavy atom. The lowest BCUT2D eigenvalue weighted by molar-refractivity contribution is -0.118. The highest BCUT2D eigenvalue weighted by atomic mass is 35.5. The van der Waals surface area contributed by atoms with Crippen molar-refractivity contribution in [3.8, 4) is 10.6 Å². The molecule has 2 unspecified atom stereocenters. The first-order valence-corrected chi connectivity index (χ1v) is 9.94. The molecule has 23 heavy (non-hydrogen) atoms. The van der Waals surface area contributed by atoms with Gasteiger partial charge >= 0.3 is 0 Å². The highest BCUT2D eigenvalue weighted by Gasteiger charge is 2.25. The summed E-state index contributed by atoms with van der Waals surface area (Å²) in [7, 11) is 0. The monoisotopic (exact) mass is 371 g/mol. The van der Waals surface area contributed by atoms with Crippen LogP contribution in [0.4, 0.5) is 5.00 Å². The number of hydrogen-bond acceptors (Lipinski definition) is 5. The molecule has 124 valence electrons. The van der Waals surface area contributed by atoms with Gasteiger partial charge in [-0.3, -0.25) is 9.78 Å². The summed E-state index contributed by atoms with van der Waals surface area (Å²) < 4.78 is 11.5. The Labute approximate surface area is 147 Å². The van der Waals surface area contributed by atoms with Crippen LogP contribution in [0.3, 0.4) is 0 Å². The lowest BCUT2D eigenvalue weighted by Crippen LogP contribution is -2.34. The van der Waals surface area contributed by atoms with Crippen LogP contribution in [0.2, 0.25) is 5.15 Å². The maximum Gasteiger partial charge on any atom is 0.232 e. The Kier molecular flexibility index (Phi) is 6.41. The van der Waals surface area contributed by atoms with E-state index < -0.39 is 11.2 Å². The van der Waals surface area contributed by atoms with Gasteiger partial charge in [0.2, 0.25) is 5.91 Å². The van der Waals surface area contributed by atoms with E-state index in [9.17, 15) is 9.35 Å². The fourth-order valence-corrected chi connectivity index (χ4v) is 3.74. The minimum absolute atomic E-state index is 0.0986. The molecular formula is C15H18ClN3O2S2. The van der Waals surface area contributed by atoms with Crippen molar-refractivity contribution in [1.29, 1.82) is 0 Å². The molecule has 0 aliphatic rings. The summed E-state index contributed by atoms with van der Waals surface area (Å²) in [6.45, 7) is 4.17. The summed E-state index contributed by atoms with van der Waals surface area (Å²) in [5.41, 5.74) is 0.859. The van der Waals surface area contributed by atoms with Gasteiger partial charge in [0.1, 0.15) is 15.3 Å². The standard InChI is InChI=1S/C15H18ClN3O2S2/c1-4-19(12(20)8-10(2)23(3)21)15-13(16)18-14(22-15)11-6-5-7-17-9-11/h5-7,9-10H,4,8H2,1-3H3. The molecular weight excluding hydrogens is 354 g/mol. The molecule has 0 saturated heterocycles. The average molecular weight is 372 g/mol. The van der Waals surface area contributed by atoms with Gasteiger partial charge in [-0.1, -0.05) is 34.1 Å². The highest BCUT2D eigenvalue weighted by molar-refractivity contribution is 7.91. The first-order chi connectivity index (χ1) is 10.9. The number of nitrogens with zero attached hydrogens (tertiary/aromatic N) is 3. The van der Waals surface area contributed by atoms with E-state index in [1.165, 1.54) is 11.3 Å². The normalized spacial score (nSPS) is 13.6. The predicted molar refractivity (Wildman–Crippen MR) is 96.5 cm³/mol. The fourth-order valence-electron chi connectivity index (χ4n) is 1.98. The van der Waals surface area contributed by atoms with E-state index in [1.54, 1.807) is 30.5 Å². The van der Waals surface area contributed by atoms with Gasteiger partial charge in [0.15, 0.2) is 5.15 Å². The van der Waals surface area contributed by atoms with Crippen LogP contribution in [0.15, 0.2) is 24.5 Å². The van der Waals surface area contributed by atoms with Crippen LogP contribution in [0, 0.1) is 0 Å². The number of carbonyl (C=O) groups excluding carboxylic acids is 1. The van der Waals surface area contributed by atoms with Gasteiger partial charge in [-0.05, 0) is 26.0 Å². The number of rotatable bonds is 6. The zero-order valence-electron chi connectivity index (χ0n) is 13.2. The van der Waals surface area contributed by atoms with E-state index in [2.05, 4.69) is 9.97 Å². The van der Waals surface area contributed by atoms with Gasteiger partial charge in [0, 0.05) is 24.5 Å². The van der Waals surface area contributed by atoms with Crippen molar-refractivity contribution in [2.45, 2.75) is 25.5 Å². The van der Waals surface area contributed by atoms with Crippen LogP contribution < -0.4 is 4.90 Å². The average Bonchev–Trinajstić information content (AvgIpc) is 2.91. The summed E-state index contributed by atoms with van der Waals surface area (Å²) in [6.07, 6.45) is 5.22. The second-order valence-corrected chi connectivity index (χ2v) is 8.15. The molecule has 5 nitrogen and oxygen atoms in total. The second-order valence-electron chi connectivity index (χ2n) is 5.01. The van der Waals surface area contributed by atoms with Crippen molar-refractivity contribution in [1.82, 2.24) is 9.97 Å². The van der Waals surface area contributed by atoms with Gasteiger partial charge in [-0.25, -0.2) is 4.98 Å². The number of hydrogen-bond donors (Lipinski definition) is 0. The van der Waals surface area contributed by atoms with E-state index >= 15 is 0 Å². The van der Waals surface area contributed by atoms with Crippen LogP contribution in [0.25, 0.3) is 10.6 Å². The van der Waals surface area contributed by atoms with Crippen molar-refractivity contribution in [2.75, 3.05) is 17.7 Å². The molecule has 8 heteroatoms. The first kappa shape index (κ1) is 18.2. The molecule has 2 heterocycles. The lowest BCUT2D eigenvalue weighted by atomic mass is 10.3. The molecule has 0 spiro atoms. The largest absolute Gasteiger partial charge is 0.616 e. The number of halogens is 1. The SMILES string of the molecule is CCN(C(=O)CC(C)[S+](C)[O-])c1sc(-c2cccnc2)nc1Cl. The van der Waals surface area contributed by atoms with E-state index in [-0.39, 0.29) is 17.6 Å². The Morgan fingerprint density at radius 1 is 1.57 bits per heavy atom.